The molecule has 0 spiro atoms. The first-order valence-corrected chi connectivity index (χ1v) is 13.3. The van der Waals surface area contributed by atoms with E-state index in [0.717, 1.165) is 29.0 Å². The minimum absolute atomic E-state index is 0. The zero-order valence-electron chi connectivity index (χ0n) is 23.4. The average Bonchev–Trinajstić information content (AvgIpc) is 3.67. The van der Waals surface area contributed by atoms with Crippen molar-refractivity contribution in [3.05, 3.63) is 115 Å². The van der Waals surface area contributed by atoms with Crippen LogP contribution in [0, 0.1) is 0 Å². The SMILES string of the molecule is C.COC(=O)c1ccc2c(c1)CC[C@@H]2N.Nc1c(Nc2cccc(CNC(=O)c3cc(C(=O)O)n4nccc4n3)c2)c(=O)c1=O. The van der Waals surface area contributed by atoms with Gasteiger partial charge in [-0.2, -0.15) is 5.10 Å². The van der Waals surface area contributed by atoms with Crippen molar-refractivity contribution < 1.29 is 24.2 Å². The predicted octanol–water partition coefficient (Wildman–Crippen LogP) is 2.33. The summed E-state index contributed by atoms with van der Waals surface area (Å²) >= 11 is 0. The van der Waals surface area contributed by atoms with Gasteiger partial charge in [0.25, 0.3) is 16.8 Å². The highest BCUT2D eigenvalue weighted by molar-refractivity contribution is 5.96. The van der Waals surface area contributed by atoms with Crippen molar-refractivity contribution in [3.63, 3.8) is 0 Å². The lowest BCUT2D eigenvalue weighted by molar-refractivity contribution is 0.0599. The molecule has 0 fully saturated rings. The van der Waals surface area contributed by atoms with E-state index >= 15 is 0 Å². The number of nitrogens with two attached hydrogens (primary N) is 2. The molecule has 3 aromatic carbocycles. The smallest absolute Gasteiger partial charge is 0.354 e. The first kappa shape index (κ1) is 32.0. The molecular weight excluding hydrogens is 582 g/mol. The van der Waals surface area contributed by atoms with Gasteiger partial charge in [-0.05, 0) is 53.8 Å². The van der Waals surface area contributed by atoms with Crippen molar-refractivity contribution in [2.24, 2.45) is 5.73 Å². The van der Waals surface area contributed by atoms with Crippen molar-refractivity contribution in [1.82, 2.24) is 19.9 Å². The number of ether oxygens (including phenoxy) is 1. The number of carboxylic acids is 1. The van der Waals surface area contributed by atoms with Crippen molar-refractivity contribution in [2.75, 3.05) is 18.2 Å². The van der Waals surface area contributed by atoms with Crippen LogP contribution in [0.25, 0.3) is 5.65 Å². The summed E-state index contributed by atoms with van der Waals surface area (Å²) in [6.07, 6.45) is 3.32. The van der Waals surface area contributed by atoms with Crippen molar-refractivity contribution in [2.45, 2.75) is 32.9 Å². The Bertz CT molecular complexity index is 1990. The van der Waals surface area contributed by atoms with Crippen LogP contribution in [-0.4, -0.2) is 44.7 Å². The van der Waals surface area contributed by atoms with E-state index in [2.05, 4.69) is 25.5 Å². The van der Waals surface area contributed by atoms with Gasteiger partial charge in [0.05, 0.1) is 18.9 Å². The maximum Gasteiger partial charge on any atom is 0.354 e. The fraction of sp³-hybridized carbons (Fsp3) is 0.194. The fourth-order valence-electron chi connectivity index (χ4n) is 4.79. The summed E-state index contributed by atoms with van der Waals surface area (Å²) < 4.78 is 5.78. The van der Waals surface area contributed by atoms with Gasteiger partial charge in [-0.15, -0.1) is 0 Å². The van der Waals surface area contributed by atoms with Crippen molar-refractivity contribution in [1.29, 1.82) is 0 Å². The third-order valence-electron chi connectivity index (χ3n) is 7.10. The number of nitrogens with zero attached hydrogens (tertiary/aromatic N) is 3. The monoisotopic (exact) mass is 613 g/mol. The Labute approximate surface area is 256 Å². The van der Waals surface area contributed by atoms with Gasteiger partial charge in [0, 0.05) is 30.4 Å². The zero-order valence-corrected chi connectivity index (χ0v) is 23.4. The number of aryl methyl sites for hydroxylation is 1. The number of fused-ring (bicyclic) bond motifs is 2. The highest BCUT2D eigenvalue weighted by Gasteiger charge is 2.21. The second-order valence-electron chi connectivity index (χ2n) is 9.94. The van der Waals surface area contributed by atoms with Gasteiger partial charge in [-0.25, -0.2) is 19.1 Å². The summed E-state index contributed by atoms with van der Waals surface area (Å²) in [6.45, 7) is 0.115. The topological polar surface area (TPSA) is 221 Å². The first-order valence-electron chi connectivity index (χ1n) is 13.3. The van der Waals surface area contributed by atoms with Crippen LogP contribution in [0.1, 0.15) is 67.9 Å². The number of benzene rings is 2. The molecule has 0 saturated heterocycles. The van der Waals surface area contributed by atoms with Gasteiger partial charge < -0.3 is 31.9 Å². The number of nitrogens with one attached hydrogen (secondary N) is 2. The molecule has 1 aliphatic rings. The number of methoxy groups -OCH3 is 1. The molecule has 45 heavy (non-hydrogen) atoms. The number of rotatable bonds is 7. The number of esters is 1. The molecule has 1 atom stereocenters. The first-order chi connectivity index (χ1) is 21.1. The largest absolute Gasteiger partial charge is 0.477 e. The van der Waals surface area contributed by atoms with Gasteiger partial charge in [0.1, 0.15) is 17.1 Å². The van der Waals surface area contributed by atoms with E-state index in [9.17, 15) is 29.1 Å². The molecule has 0 bridgehead atoms. The summed E-state index contributed by atoms with van der Waals surface area (Å²) in [7, 11) is 1.39. The Morgan fingerprint density at radius 1 is 1.09 bits per heavy atom. The number of aromatic carboxylic acids is 1. The molecule has 1 aliphatic carbocycles. The lowest BCUT2D eigenvalue weighted by Crippen LogP contribution is -2.36. The number of nitrogen functional groups attached to an aromatic ring is 1. The number of hydrogen-bond acceptors (Lipinski definition) is 11. The normalized spacial score (nSPS) is 13.2. The van der Waals surface area contributed by atoms with Crippen LogP contribution >= 0.6 is 0 Å². The number of carboxylic acid groups (broad SMARTS) is 1. The molecule has 14 nitrogen and oxygen atoms in total. The Balaban J connectivity index is 0.000000258. The van der Waals surface area contributed by atoms with Gasteiger partial charge in [-0.1, -0.05) is 25.6 Å². The summed E-state index contributed by atoms with van der Waals surface area (Å²) in [5.74, 6) is -2.09. The number of amides is 1. The predicted molar refractivity (Wildman–Crippen MR) is 166 cm³/mol. The van der Waals surface area contributed by atoms with Crippen molar-refractivity contribution >= 4 is 40.6 Å². The standard InChI is InChI=1S/C19H14N6O5.C11H13NO2.CH4/c20-14-15(17(27)16(14)26)23-10-3-1-2-9(6-10)8-21-18(28)11-7-12(19(29)30)25-13(24-11)4-5-22-25;1-14-11(13)8-2-4-9-7(6-8)3-5-10(9)12;/h1-7,23H,8,20H2,(H,21,28)(H,29,30);2,4,6,10H,3,5,12H2,1H3;1H4/t;10-;/m.0./s1. The van der Waals surface area contributed by atoms with Gasteiger partial charge in [0.15, 0.2) is 11.3 Å². The number of carbonyl (C=O) groups excluding carboxylic acids is 2. The maximum absolute atomic E-state index is 12.5. The quantitative estimate of drug-likeness (QED) is 0.132. The summed E-state index contributed by atoms with van der Waals surface area (Å²) in [6, 6.07) is 15.1. The van der Waals surface area contributed by atoms with E-state index in [1.807, 2.05) is 12.1 Å². The Hall–Kier alpha value is -5.89. The molecule has 0 aliphatic heterocycles. The number of anilines is 3. The minimum Gasteiger partial charge on any atom is -0.477 e. The van der Waals surface area contributed by atoms with Gasteiger partial charge in [-0.3, -0.25) is 14.4 Å². The van der Waals surface area contributed by atoms with Crippen LogP contribution in [0.3, 0.4) is 0 Å². The lowest BCUT2D eigenvalue weighted by atomic mass is 10.1. The lowest BCUT2D eigenvalue weighted by Gasteiger charge is -2.11. The van der Waals surface area contributed by atoms with E-state index in [-0.39, 0.29) is 54.4 Å². The van der Waals surface area contributed by atoms with E-state index in [4.69, 9.17) is 11.5 Å². The van der Waals surface area contributed by atoms with Crippen LogP contribution in [0.2, 0.25) is 0 Å². The van der Waals surface area contributed by atoms with E-state index < -0.39 is 22.7 Å². The summed E-state index contributed by atoms with van der Waals surface area (Å²) in [5.41, 5.74) is 14.1. The molecule has 1 amide bonds. The highest BCUT2D eigenvalue weighted by Crippen LogP contribution is 2.29. The molecular formula is C31H31N7O7. The molecule has 14 heteroatoms. The second-order valence-corrected chi connectivity index (χ2v) is 9.94. The third-order valence-corrected chi connectivity index (χ3v) is 7.10. The van der Waals surface area contributed by atoms with Crippen LogP contribution in [0.5, 0.6) is 0 Å². The van der Waals surface area contributed by atoms with Crippen LogP contribution < -0.4 is 33.0 Å². The Kier molecular flexibility index (Phi) is 9.38. The second kappa shape index (κ2) is 13.2. The van der Waals surface area contributed by atoms with Crippen LogP contribution in [0.15, 0.2) is 70.4 Å². The molecule has 7 N–H and O–H groups in total. The average molecular weight is 614 g/mol. The van der Waals surface area contributed by atoms with Crippen LogP contribution in [0.4, 0.5) is 17.1 Å². The maximum atomic E-state index is 12.5. The molecule has 6 rings (SSSR count). The van der Waals surface area contributed by atoms with E-state index in [1.54, 1.807) is 30.3 Å². The molecule has 5 aromatic rings. The van der Waals surface area contributed by atoms with Gasteiger partial charge >= 0.3 is 11.9 Å². The molecule has 2 aromatic heterocycles. The molecule has 0 radical (unpaired) electrons. The van der Waals surface area contributed by atoms with Crippen molar-refractivity contribution in [3.8, 4) is 0 Å². The van der Waals surface area contributed by atoms with E-state index in [0.29, 0.717) is 16.8 Å². The minimum atomic E-state index is -1.24. The van der Waals surface area contributed by atoms with Gasteiger partial charge in [0.2, 0.25) is 0 Å². The zero-order chi connectivity index (χ0) is 31.5. The summed E-state index contributed by atoms with van der Waals surface area (Å²) in [4.78, 5) is 62.0. The summed E-state index contributed by atoms with van der Waals surface area (Å²) in [5, 5.41) is 18.6. The number of hydrogen-bond donors (Lipinski definition) is 5. The third kappa shape index (κ3) is 6.55. The van der Waals surface area contributed by atoms with Crippen LogP contribution in [-0.2, 0) is 17.7 Å². The van der Waals surface area contributed by atoms with E-state index in [1.165, 1.54) is 24.9 Å². The molecule has 0 saturated carbocycles. The number of carbonyl (C=O) groups is 3. The highest BCUT2D eigenvalue weighted by atomic mass is 16.5. The Morgan fingerprint density at radius 2 is 1.87 bits per heavy atom. The molecule has 2 heterocycles. The fourth-order valence-corrected chi connectivity index (χ4v) is 4.79. The Morgan fingerprint density at radius 3 is 2.58 bits per heavy atom. The molecule has 0 unspecified atom stereocenters. The molecule has 232 valence electrons. The number of aromatic nitrogens is 3.